The Morgan fingerprint density at radius 2 is 0.347 bits per heavy atom. The van der Waals surface area contributed by atoms with Crippen LogP contribution in [0.2, 0.25) is 0 Å². The van der Waals surface area contributed by atoms with Gasteiger partial charge < -0.3 is 4.74 Å². The van der Waals surface area contributed by atoms with E-state index in [9.17, 15) is 89.0 Å². The van der Waals surface area contributed by atoms with Crippen LogP contribution in [0.3, 0.4) is 0 Å². The molecule has 0 spiro atoms. The number of para-hydroxylation sites is 2. The number of ketones is 1. The van der Waals surface area contributed by atoms with Crippen LogP contribution in [0.15, 0.2) is 523 Å². The molecular formula is C115H122O22S10. The molecule has 4 aliphatic heterocycles. The lowest BCUT2D eigenvalue weighted by atomic mass is 9.78. The highest BCUT2D eigenvalue weighted by Crippen LogP contribution is 2.47. The van der Waals surface area contributed by atoms with Gasteiger partial charge in [0.15, 0.2) is 5.78 Å². The molecular weight excluding hydrogens is 2050 g/mol. The number of hydrogen-bond donors (Lipinski definition) is 0. The Hall–Kier alpha value is -13.5. The Morgan fingerprint density at radius 3 is 0.599 bits per heavy atom. The number of carbonyl (C=O) groups is 1. The topological polar surface area (TPSA) is 368 Å². The lowest BCUT2D eigenvalue weighted by molar-refractivity contribution is 0.103. The van der Waals surface area contributed by atoms with Crippen molar-refractivity contribution in [3.05, 3.63) is 447 Å². The summed E-state index contributed by atoms with van der Waals surface area (Å²) >= 11 is 0. The van der Waals surface area contributed by atoms with Gasteiger partial charge >= 0.3 is 0 Å². The molecule has 0 saturated heterocycles. The van der Waals surface area contributed by atoms with Crippen LogP contribution in [0.1, 0.15) is 145 Å². The highest BCUT2D eigenvalue weighted by Gasteiger charge is 2.42. The molecule has 20 rings (SSSR count). The molecule has 32 heteroatoms. The van der Waals surface area contributed by atoms with Gasteiger partial charge in [0.05, 0.1) is 88.1 Å². The first kappa shape index (κ1) is 122. The van der Waals surface area contributed by atoms with Crippen LogP contribution in [0.25, 0.3) is 0 Å². The molecule has 4 aliphatic rings. The van der Waals surface area contributed by atoms with Gasteiger partial charge in [-0.1, -0.05) is 343 Å². The highest BCUT2D eigenvalue weighted by atomic mass is 32.2. The monoisotopic (exact) mass is 2170 g/mol. The van der Waals surface area contributed by atoms with Crippen LogP contribution < -0.4 is 4.74 Å². The van der Waals surface area contributed by atoms with Crippen LogP contribution in [-0.4, -0.2) is 90.0 Å². The van der Waals surface area contributed by atoms with Gasteiger partial charge in [0.1, 0.15) is 21.3 Å². The summed E-state index contributed by atoms with van der Waals surface area (Å²) in [5, 5.41) is 0. The molecule has 16 aromatic carbocycles. The summed E-state index contributed by atoms with van der Waals surface area (Å²) in [5.74, 6) is 0.549. The van der Waals surface area contributed by atoms with E-state index >= 15 is 0 Å². The minimum Gasteiger partial charge on any atom is -0.455 e. The van der Waals surface area contributed by atoms with Gasteiger partial charge in [-0.05, 0) is 211 Å². The second kappa shape index (κ2) is 54.8. The SMILES string of the molecule is C.CC.CC.CC.CC.CC.CC.CC.CC1(C)c2ccccc2S(=O)(=O)c2ccccc21.O=C1c2ccccc2S(=O)(=O)c2ccccc21.O=S(=O)(c1ccccc1)c1ccc(S(=O)(=O)c2ccccc2)cc1.O=S(=O)(c1ccccc1)c1cccc(S(=O)(=O)c2ccccc2)c1.O=S(=O)(c1ccccc1)c1ccccc1.O=S1(=O)c2ccccc2Oc2ccccc21.O=S1(=O)c2ccccc2S(=O)(=O)c2ccccc21. The molecule has 774 valence electrons. The zero-order valence-electron chi connectivity index (χ0n) is 83.5. The first-order valence-corrected chi connectivity index (χ1v) is 61.6. The van der Waals surface area contributed by atoms with E-state index in [1.54, 1.807) is 243 Å². The molecule has 4 heterocycles. The zero-order chi connectivity index (χ0) is 108. The molecule has 0 aliphatic carbocycles. The molecule has 0 radical (unpaired) electrons. The molecule has 0 bridgehead atoms. The molecule has 0 aromatic heterocycles. The predicted molar refractivity (Wildman–Crippen MR) is 579 cm³/mol. The Labute approximate surface area is 870 Å². The molecule has 0 N–H and O–H groups in total. The van der Waals surface area contributed by atoms with Crippen LogP contribution in [0.5, 0.6) is 11.5 Å². The Balaban J connectivity index is 0.000000258. The number of rotatable bonds is 10. The minimum absolute atomic E-state index is 0. The van der Waals surface area contributed by atoms with Crippen molar-refractivity contribution in [2.24, 2.45) is 0 Å². The largest absolute Gasteiger partial charge is 0.455 e. The highest BCUT2D eigenvalue weighted by molar-refractivity contribution is 7.97. The van der Waals surface area contributed by atoms with Gasteiger partial charge in [0.25, 0.3) is 0 Å². The van der Waals surface area contributed by atoms with Crippen LogP contribution >= 0.6 is 0 Å². The quantitative estimate of drug-likeness (QED) is 0.123. The molecule has 0 fully saturated rings. The van der Waals surface area contributed by atoms with Gasteiger partial charge in [-0.25, -0.2) is 84.2 Å². The summed E-state index contributed by atoms with van der Waals surface area (Å²) in [7, 11) is -36.1. The van der Waals surface area contributed by atoms with Crippen LogP contribution in [0.4, 0.5) is 0 Å². The van der Waals surface area contributed by atoms with E-state index in [-0.39, 0.29) is 108 Å². The first-order valence-electron chi connectivity index (χ1n) is 46.8. The van der Waals surface area contributed by atoms with Crippen molar-refractivity contribution in [2.75, 3.05) is 0 Å². The summed E-state index contributed by atoms with van der Waals surface area (Å²) in [6, 6.07) is 111. The average Bonchev–Trinajstić information content (AvgIpc) is 0.719. The number of hydrogen-bond acceptors (Lipinski definition) is 22. The van der Waals surface area contributed by atoms with Gasteiger partial charge in [0.2, 0.25) is 98.4 Å². The van der Waals surface area contributed by atoms with E-state index < -0.39 is 98.4 Å². The van der Waals surface area contributed by atoms with Crippen molar-refractivity contribution in [3.63, 3.8) is 0 Å². The Morgan fingerprint density at radius 1 is 0.184 bits per heavy atom. The van der Waals surface area contributed by atoms with E-state index in [4.69, 9.17) is 4.74 Å². The molecule has 0 atom stereocenters. The molecule has 147 heavy (non-hydrogen) atoms. The van der Waals surface area contributed by atoms with Crippen molar-refractivity contribution in [1.82, 2.24) is 0 Å². The normalized spacial score (nSPS) is 13.5. The van der Waals surface area contributed by atoms with Crippen LogP contribution in [0, 0.1) is 0 Å². The molecule has 0 amide bonds. The van der Waals surface area contributed by atoms with Crippen molar-refractivity contribution in [2.45, 2.75) is 222 Å². The van der Waals surface area contributed by atoms with E-state index in [0.29, 0.717) is 31.1 Å². The molecule has 0 unspecified atom stereocenters. The minimum atomic E-state index is -3.77. The third-order valence-electron chi connectivity index (χ3n) is 21.1. The Kier molecular flexibility index (Phi) is 45.5. The molecule has 0 saturated carbocycles. The fraction of sp³-hybridized carbons (Fsp3) is 0.157. The van der Waals surface area contributed by atoms with Gasteiger partial charge in [0, 0.05) is 16.5 Å². The van der Waals surface area contributed by atoms with E-state index in [1.165, 1.54) is 158 Å². The maximum absolute atomic E-state index is 12.7. The van der Waals surface area contributed by atoms with Crippen molar-refractivity contribution < 1.29 is 93.7 Å². The molecule has 22 nitrogen and oxygen atoms in total. The average molecular weight is 2180 g/mol. The third kappa shape index (κ3) is 27.5. The number of benzene rings is 16. The Bertz CT molecular complexity index is 7830. The number of carbonyl (C=O) groups excluding carboxylic acids is 1. The number of fused-ring (bicyclic) bond motifs is 8. The first-order chi connectivity index (χ1) is 69.8. The zero-order valence-corrected chi connectivity index (χ0v) is 91.6. The third-order valence-corrected chi connectivity index (χ3v) is 39.5. The van der Waals surface area contributed by atoms with Gasteiger partial charge in [-0.15, -0.1) is 0 Å². The maximum atomic E-state index is 12.7. The van der Waals surface area contributed by atoms with Gasteiger partial charge in [-0.2, -0.15) is 0 Å². The lowest BCUT2D eigenvalue weighted by Gasteiger charge is -2.34. The number of sulfone groups is 10. The second-order valence-electron chi connectivity index (χ2n) is 29.7. The van der Waals surface area contributed by atoms with Crippen molar-refractivity contribution in [3.8, 4) is 11.5 Å². The standard InChI is InChI=1S/2C18H14O4S2.C15H14O2S.C13H8O3S.C12H8O4S2.C12H8O3S.C12H10O2S.7C2H6.CH4/c19-23(20,15-8-3-1-4-9-15)17-12-7-13-18(14-17)24(21,22)16-10-5-2-6-11-16;19-23(20,15-7-3-1-4-8-15)17-11-13-18(14-12-17)24(21,22)16-9-5-2-6-10-16;1-15(2)11-7-3-5-9-13(11)18(16,17)14-10-6-4-8-12(14)15;14-13-9-5-1-3-7-11(9)17(15,16)12-8-4-2-6-10(12)13;13-17(14)9-5-1-2-6-10(9)18(15,16)12-8-4-3-7-11(12)17;13-16(14)11-7-3-1-5-9(11)15-10-6-2-4-8-12(10)16;13-15(14,11-7-3-1-4-8-11)12-9-5-2-6-10-12;7*1-2;/h2*1-14H;3-10H,1-2H3;1-8H;1-8H;1-8H;1-10H;7*1-2H3;1H4. The smallest absolute Gasteiger partial charge is 0.213 e. The summed E-state index contributed by atoms with van der Waals surface area (Å²) in [5.41, 5.74) is 1.99. The number of ether oxygens (including phenoxy) is 1. The summed E-state index contributed by atoms with van der Waals surface area (Å²) in [4.78, 5) is 14.3. The lowest BCUT2D eigenvalue weighted by Crippen LogP contribution is -2.29. The summed E-state index contributed by atoms with van der Waals surface area (Å²) in [6.07, 6.45) is 0. The fourth-order valence-corrected chi connectivity index (χ4v) is 30.3. The van der Waals surface area contributed by atoms with Crippen LogP contribution in [-0.2, 0) is 104 Å². The van der Waals surface area contributed by atoms with Crippen molar-refractivity contribution in [1.29, 1.82) is 0 Å². The fourth-order valence-electron chi connectivity index (χ4n) is 14.4. The van der Waals surface area contributed by atoms with Gasteiger partial charge in [-0.3, -0.25) is 4.79 Å². The summed E-state index contributed by atoms with van der Waals surface area (Å²) < 4.78 is 254. The molecule has 16 aromatic rings. The predicted octanol–water partition coefficient (Wildman–Crippen LogP) is 26.6. The van der Waals surface area contributed by atoms with E-state index in [1.807, 2.05) is 121 Å². The van der Waals surface area contributed by atoms with E-state index in [2.05, 4.69) is 13.8 Å². The summed E-state index contributed by atoms with van der Waals surface area (Å²) in [6.45, 7) is 32.1. The second-order valence-corrected chi connectivity index (χ2v) is 48.9. The van der Waals surface area contributed by atoms with E-state index in [0.717, 1.165) is 11.1 Å². The van der Waals surface area contributed by atoms with Crippen molar-refractivity contribution >= 4 is 104 Å². The maximum Gasteiger partial charge on any atom is 0.213 e.